The lowest BCUT2D eigenvalue weighted by atomic mass is 9.82. The van der Waals surface area contributed by atoms with Gasteiger partial charge in [0.15, 0.2) is 7.14 Å². The van der Waals surface area contributed by atoms with Crippen molar-refractivity contribution >= 4 is 44.7 Å². The fourth-order valence-electron chi connectivity index (χ4n) is 7.01. The summed E-state index contributed by atoms with van der Waals surface area (Å²) < 4.78 is 14.9. The monoisotopic (exact) mass is 571 g/mol. The minimum absolute atomic E-state index is 0.0810. The molecule has 1 heterocycles. The first-order chi connectivity index (χ1) is 21.0. The van der Waals surface area contributed by atoms with Gasteiger partial charge in [0.2, 0.25) is 0 Å². The van der Waals surface area contributed by atoms with Crippen molar-refractivity contribution in [2.45, 2.75) is 19.3 Å². The molecule has 1 aliphatic rings. The maximum absolute atomic E-state index is 14.9. The summed E-state index contributed by atoms with van der Waals surface area (Å²) >= 11 is 0. The lowest BCUT2D eigenvalue weighted by Gasteiger charge is -2.22. The van der Waals surface area contributed by atoms with Crippen LogP contribution in [0, 0.1) is 0 Å². The smallest absolute Gasteiger partial charge is 0.171 e. The van der Waals surface area contributed by atoms with Crippen LogP contribution in [0.15, 0.2) is 146 Å². The summed E-state index contributed by atoms with van der Waals surface area (Å²) in [7, 11) is -3.06. The van der Waals surface area contributed by atoms with Crippen molar-refractivity contribution in [3.63, 3.8) is 0 Å². The molecule has 0 atom stereocenters. The predicted octanol–water partition coefficient (Wildman–Crippen LogP) is 9.00. The van der Waals surface area contributed by atoms with E-state index >= 15 is 0 Å². The van der Waals surface area contributed by atoms with Crippen molar-refractivity contribution in [2.24, 2.45) is 0 Å². The highest BCUT2D eigenvalue weighted by molar-refractivity contribution is 7.85. The van der Waals surface area contributed by atoms with Crippen LogP contribution in [0.25, 0.3) is 44.1 Å². The normalized spacial score (nSPS) is 13.6. The SMILES string of the molecule is CC1(C)c2ccccc2-c2c1ccc1c(-c3ccc(P(=O)(c4ccccc4)c4ccccc4)cc3)nc3ccccc3c21. The van der Waals surface area contributed by atoms with Crippen LogP contribution >= 0.6 is 7.14 Å². The molecule has 0 saturated heterocycles. The Morgan fingerprint density at radius 1 is 0.535 bits per heavy atom. The van der Waals surface area contributed by atoms with Crippen LogP contribution in [0.2, 0.25) is 0 Å². The quantitative estimate of drug-likeness (QED) is 0.156. The number of para-hydroxylation sites is 1. The van der Waals surface area contributed by atoms with Crippen molar-refractivity contribution in [3.8, 4) is 22.4 Å². The summed E-state index contributed by atoms with van der Waals surface area (Å²) in [5.41, 5.74) is 8.18. The van der Waals surface area contributed by atoms with Gasteiger partial charge in [-0.25, -0.2) is 4.98 Å². The lowest BCUT2D eigenvalue weighted by Crippen LogP contribution is -2.24. The van der Waals surface area contributed by atoms with Crippen LogP contribution in [0.5, 0.6) is 0 Å². The molecule has 206 valence electrons. The molecular formula is C40H30NOP. The van der Waals surface area contributed by atoms with E-state index in [-0.39, 0.29) is 5.41 Å². The number of nitrogens with zero attached hydrogens (tertiary/aromatic N) is 1. The molecule has 8 rings (SSSR count). The third-order valence-corrected chi connectivity index (χ3v) is 12.2. The van der Waals surface area contributed by atoms with Crippen LogP contribution < -0.4 is 15.9 Å². The van der Waals surface area contributed by atoms with Crippen molar-refractivity contribution in [1.82, 2.24) is 4.98 Å². The summed E-state index contributed by atoms with van der Waals surface area (Å²) in [4.78, 5) is 5.23. The van der Waals surface area contributed by atoms with E-state index < -0.39 is 7.14 Å². The number of hydrogen-bond donors (Lipinski definition) is 0. The lowest BCUT2D eigenvalue weighted by molar-refractivity contribution is 0.592. The molecule has 1 aliphatic carbocycles. The molecule has 0 N–H and O–H groups in total. The van der Waals surface area contributed by atoms with Gasteiger partial charge in [0, 0.05) is 43.1 Å². The molecule has 1 aromatic heterocycles. The van der Waals surface area contributed by atoms with Crippen molar-refractivity contribution < 1.29 is 4.57 Å². The minimum Gasteiger partial charge on any atom is -0.309 e. The Balaban J connectivity index is 1.36. The second kappa shape index (κ2) is 9.63. The van der Waals surface area contributed by atoms with E-state index in [1.807, 2.05) is 72.8 Å². The minimum atomic E-state index is -3.06. The number of aromatic nitrogens is 1. The summed E-state index contributed by atoms with van der Waals surface area (Å²) in [5.74, 6) is 0. The first kappa shape index (κ1) is 25.9. The average Bonchev–Trinajstić information content (AvgIpc) is 3.31. The van der Waals surface area contributed by atoms with E-state index in [4.69, 9.17) is 4.98 Å². The first-order valence-electron chi connectivity index (χ1n) is 14.8. The topological polar surface area (TPSA) is 30.0 Å². The first-order valence-corrected chi connectivity index (χ1v) is 16.5. The van der Waals surface area contributed by atoms with Crippen LogP contribution in [0.3, 0.4) is 0 Å². The summed E-state index contributed by atoms with van der Waals surface area (Å²) in [6.45, 7) is 4.65. The van der Waals surface area contributed by atoms with Crippen LogP contribution in [0.1, 0.15) is 25.0 Å². The highest BCUT2D eigenvalue weighted by Crippen LogP contribution is 2.53. The second-order valence-electron chi connectivity index (χ2n) is 11.9. The largest absolute Gasteiger partial charge is 0.309 e. The van der Waals surface area contributed by atoms with E-state index in [2.05, 4.69) is 86.6 Å². The average molecular weight is 572 g/mol. The summed E-state index contributed by atoms with van der Waals surface area (Å²) in [6.07, 6.45) is 0. The Morgan fingerprint density at radius 3 is 1.81 bits per heavy atom. The third-order valence-electron chi connectivity index (χ3n) is 9.15. The molecule has 0 fully saturated rings. The second-order valence-corrected chi connectivity index (χ2v) is 14.7. The van der Waals surface area contributed by atoms with Crippen molar-refractivity contribution in [1.29, 1.82) is 0 Å². The molecule has 0 amide bonds. The van der Waals surface area contributed by atoms with Crippen molar-refractivity contribution in [3.05, 3.63) is 157 Å². The van der Waals surface area contributed by atoms with Crippen LogP contribution in [-0.2, 0) is 9.98 Å². The van der Waals surface area contributed by atoms with Gasteiger partial charge in [-0.15, -0.1) is 0 Å². The Labute approximate surface area is 252 Å². The zero-order chi connectivity index (χ0) is 29.2. The third kappa shape index (κ3) is 3.80. The van der Waals surface area contributed by atoms with Crippen LogP contribution in [-0.4, -0.2) is 4.98 Å². The number of fused-ring (bicyclic) bond motifs is 7. The van der Waals surface area contributed by atoms with Crippen molar-refractivity contribution in [2.75, 3.05) is 0 Å². The number of rotatable bonds is 4. The molecule has 43 heavy (non-hydrogen) atoms. The Hall–Kier alpha value is -4.78. The van der Waals surface area contributed by atoms with E-state index in [1.54, 1.807) is 0 Å². The maximum Gasteiger partial charge on any atom is 0.171 e. The molecule has 7 aromatic rings. The van der Waals surface area contributed by atoms with Gasteiger partial charge in [-0.3, -0.25) is 0 Å². The molecule has 0 spiro atoms. The molecule has 3 heteroatoms. The van der Waals surface area contributed by atoms with E-state index in [1.165, 1.54) is 33.0 Å². The molecule has 0 radical (unpaired) electrons. The van der Waals surface area contributed by atoms with Gasteiger partial charge in [0.05, 0.1) is 11.2 Å². The molecule has 0 saturated carbocycles. The standard InChI is InChI=1S/C40H30NOP/c1-40(2)34-19-11-9-17-31(34)38-35(40)26-25-33-37(38)32-18-10-12-20-36(32)41-39(33)27-21-23-30(24-22-27)43(42,28-13-5-3-6-14-28)29-15-7-4-8-16-29/h3-26H,1-2H3. The maximum atomic E-state index is 14.9. The molecule has 0 unspecified atom stereocenters. The van der Waals surface area contributed by atoms with E-state index in [0.717, 1.165) is 38.1 Å². The molecule has 6 aromatic carbocycles. The fourth-order valence-corrected chi connectivity index (χ4v) is 9.65. The predicted molar refractivity (Wildman–Crippen MR) is 182 cm³/mol. The molecule has 0 bridgehead atoms. The summed E-state index contributed by atoms with van der Waals surface area (Å²) in [6, 6.07) is 49.7. The Kier molecular flexibility index (Phi) is 5.80. The zero-order valence-electron chi connectivity index (χ0n) is 24.2. The fraction of sp³-hybridized carbons (Fsp3) is 0.0750. The molecule has 2 nitrogen and oxygen atoms in total. The van der Waals surface area contributed by atoms with Gasteiger partial charge in [-0.2, -0.15) is 0 Å². The van der Waals surface area contributed by atoms with E-state index in [0.29, 0.717) is 0 Å². The number of hydrogen-bond acceptors (Lipinski definition) is 2. The zero-order valence-corrected chi connectivity index (χ0v) is 25.1. The highest BCUT2D eigenvalue weighted by Gasteiger charge is 2.37. The van der Waals surface area contributed by atoms with Crippen LogP contribution in [0.4, 0.5) is 0 Å². The number of benzene rings is 6. The van der Waals surface area contributed by atoms with Gasteiger partial charge in [0.1, 0.15) is 0 Å². The van der Waals surface area contributed by atoms with Gasteiger partial charge in [-0.1, -0.05) is 153 Å². The molecular weight excluding hydrogens is 541 g/mol. The van der Waals surface area contributed by atoms with E-state index in [9.17, 15) is 4.57 Å². The summed E-state index contributed by atoms with van der Waals surface area (Å²) in [5, 5.41) is 6.03. The number of pyridine rings is 1. The van der Waals surface area contributed by atoms with Gasteiger partial charge in [-0.05, 0) is 28.3 Å². The Bertz CT molecular complexity index is 2170. The Morgan fingerprint density at radius 2 is 1.12 bits per heavy atom. The van der Waals surface area contributed by atoms with Gasteiger partial charge >= 0.3 is 0 Å². The molecule has 0 aliphatic heterocycles. The van der Waals surface area contributed by atoms with Gasteiger partial charge in [0.25, 0.3) is 0 Å². The highest BCUT2D eigenvalue weighted by atomic mass is 31.2. The van der Waals surface area contributed by atoms with Gasteiger partial charge < -0.3 is 4.57 Å².